The lowest BCUT2D eigenvalue weighted by Gasteiger charge is -2.13. The number of rotatable bonds is 3. The molecular formula is C18H14N2O4. The lowest BCUT2D eigenvalue weighted by molar-refractivity contribution is 0.0994. The molecular weight excluding hydrogens is 308 g/mol. The van der Waals surface area contributed by atoms with E-state index in [0.717, 1.165) is 4.68 Å². The van der Waals surface area contributed by atoms with Crippen LogP contribution in [0.2, 0.25) is 0 Å². The highest BCUT2D eigenvalue weighted by molar-refractivity contribution is 6.03. The van der Waals surface area contributed by atoms with Crippen molar-refractivity contribution in [3.63, 3.8) is 0 Å². The average Bonchev–Trinajstić information content (AvgIpc) is 2.57. The van der Waals surface area contributed by atoms with Crippen molar-refractivity contribution in [2.24, 2.45) is 0 Å². The number of Topliss-reactive ketones (excluding diaryl/α,β-unsaturated/α-hetero) is 1. The molecule has 0 spiro atoms. The lowest BCUT2D eigenvalue weighted by atomic mass is 10.1. The number of aromatic nitrogens is 1. The van der Waals surface area contributed by atoms with Gasteiger partial charge in [0.2, 0.25) is 0 Å². The summed E-state index contributed by atoms with van der Waals surface area (Å²) in [6.07, 6.45) is 0. The van der Waals surface area contributed by atoms with Gasteiger partial charge < -0.3 is 5.11 Å². The molecule has 0 saturated carbocycles. The van der Waals surface area contributed by atoms with E-state index in [1.165, 1.54) is 25.1 Å². The monoisotopic (exact) mass is 322 g/mol. The summed E-state index contributed by atoms with van der Waals surface area (Å²) >= 11 is 0. The zero-order valence-corrected chi connectivity index (χ0v) is 12.8. The number of carbonyl (C=O) groups is 2. The van der Waals surface area contributed by atoms with Gasteiger partial charge in [0.1, 0.15) is 5.75 Å². The summed E-state index contributed by atoms with van der Waals surface area (Å²) in [5, 5.41) is 10.4. The fourth-order valence-corrected chi connectivity index (χ4v) is 2.45. The second-order valence-electron chi connectivity index (χ2n) is 5.27. The normalized spacial score (nSPS) is 10.5. The fourth-order valence-electron chi connectivity index (χ4n) is 2.45. The molecule has 0 fully saturated rings. The van der Waals surface area contributed by atoms with Crippen molar-refractivity contribution in [3.05, 3.63) is 76.1 Å². The van der Waals surface area contributed by atoms with E-state index in [4.69, 9.17) is 0 Å². The zero-order valence-electron chi connectivity index (χ0n) is 12.8. The Balaban J connectivity index is 2.17. The Kier molecular flexibility index (Phi) is 3.87. The molecule has 120 valence electrons. The van der Waals surface area contributed by atoms with Crippen molar-refractivity contribution >= 4 is 22.6 Å². The van der Waals surface area contributed by atoms with Crippen LogP contribution in [-0.2, 0) is 0 Å². The van der Waals surface area contributed by atoms with Crippen LogP contribution in [-0.4, -0.2) is 21.5 Å². The molecule has 0 saturated heterocycles. The highest BCUT2D eigenvalue weighted by Crippen LogP contribution is 2.17. The van der Waals surface area contributed by atoms with Crippen LogP contribution in [0, 0.1) is 0 Å². The number of carbonyl (C=O) groups excluding carboxylic acids is 2. The van der Waals surface area contributed by atoms with E-state index in [1.807, 2.05) is 0 Å². The van der Waals surface area contributed by atoms with Crippen LogP contribution < -0.4 is 11.0 Å². The molecule has 0 radical (unpaired) electrons. The molecule has 0 aliphatic heterocycles. The van der Waals surface area contributed by atoms with Crippen molar-refractivity contribution in [1.82, 2.24) is 4.68 Å². The van der Waals surface area contributed by atoms with Crippen LogP contribution >= 0.6 is 0 Å². The highest BCUT2D eigenvalue weighted by Gasteiger charge is 2.16. The van der Waals surface area contributed by atoms with Gasteiger partial charge in [-0.05, 0) is 31.2 Å². The first-order valence-electron chi connectivity index (χ1n) is 7.24. The molecule has 0 atom stereocenters. The summed E-state index contributed by atoms with van der Waals surface area (Å²) in [6.45, 7) is 1.29. The van der Waals surface area contributed by atoms with E-state index < -0.39 is 17.2 Å². The molecule has 1 amide bonds. The molecule has 2 N–H and O–H groups in total. The van der Waals surface area contributed by atoms with Gasteiger partial charge in [-0.3, -0.25) is 19.8 Å². The number of phenolic OH excluding ortho intramolecular Hbond substituents is 1. The maximum atomic E-state index is 12.5. The number of hydrogen-bond donors (Lipinski definition) is 2. The van der Waals surface area contributed by atoms with Gasteiger partial charge in [0.15, 0.2) is 5.78 Å². The van der Waals surface area contributed by atoms with Crippen LogP contribution in [0.3, 0.4) is 0 Å². The summed E-state index contributed by atoms with van der Waals surface area (Å²) < 4.78 is 1.03. The molecule has 1 aromatic heterocycles. The number of para-hydroxylation sites is 2. The SMILES string of the molecule is CC(=O)c1cc2ccccc2n(NC(=O)c2ccccc2O)c1=O. The minimum atomic E-state index is -0.652. The minimum Gasteiger partial charge on any atom is -0.507 e. The molecule has 2 aromatic carbocycles. The standard InChI is InChI=1S/C18H14N2O4/c1-11(21)14-10-12-6-2-4-8-15(12)20(18(14)24)19-17(23)13-7-3-5-9-16(13)22/h2-10,22H,1H3,(H,19,23). The van der Waals surface area contributed by atoms with E-state index in [2.05, 4.69) is 5.43 Å². The van der Waals surface area contributed by atoms with E-state index >= 15 is 0 Å². The molecule has 0 unspecified atom stereocenters. The van der Waals surface area contributed by atoms with Crippen LogP contribution in [0.1, 0.15) is 27.6 Å². The predicted octanol–water partition coefficient (Wildman–Crippen LogP) is 2.29. The largest absolute Gasteiger partial charge is 0.507 e. The number of amides is 1. The Labute approximate surface area is 136 Å². The van der Waals surface area contributed by atoms with Crippen LogP contribution in [0.5, 0.6) is 5.75 Å². The number of pyridine rings is 1. The maximum absolute atomic E-state index is 12.5. The van der Waals surface area contributed by atoms with Gasteiger partial charge in [-0.1, -0.05) is 30.3 Å². The van der Waals surface area contributed by atoms with E-state index in [-0.39, 0.29) is 16.9 Å². The predicted molar refractivity (Wildman–Crippen MR) is 90.0 cm³/mol. The summed E-state index contributed by atoms with van der Waals surface area (Å²) in [4.78, 5) is 36.6. The summed E-state index contributed by atoms with van der Waals surface area (Å²) in [5.41, 5.74) is 2.30. The summed E-state index contributed by atoms with van der Waals surface area (Å²) in [7, 11) is 0. The first-order valence-corrected chi connectivity index (χ1v) is 7.24. The molecule has 6 heteroatoms. The summed E-state index contributed by atoms with van der Waals surface area (Å²) in [6, 6.07) is 14.4. The van der Waals surface area contributed by atoms with Gasteiger partial charge in [0.25, 0.3) is 11.5 Å². The summed E-state index contributed by atoms with van der Waals surface area (Å²) in [5.74, 6) is -1.24. The van der Waals surface area contributed by atoms with Crippen molar-refractivity contribution in [3.8, 4) is 5.75 Å². The first-order chi connectivity index (χ1) is 11.5. The quantitative estimate of drug-likeness (QED) is 0.724. The second-order valence-corrected chi connectivity index (χ2v) is 5.27. The van der Waals surface area contributed by atoms with Crippen molar-refractivity contribution in [2.45, 2.75) is 6.92 Å². The molecule has 0 aliphatic rings. The Bertz CT molecular complexity index is 1020. The Morgan fingerprint density at radius 1 is 1.00 bits per heavy atom. The molecule has 3 rings (SSSR count). The molecule has 6 nitrogen and oxygen atoms in total. The molecule has 1 heterocycles. The first kappa shape index (κ1) is 15.5. The van der Waals surface area contributed by atoms with Gasteiger partial charge in [-0.2, -0.15) is 0 Å². The fraction of sp³-hybridized carbons (Fsp3) is 0.0556. The highest BCUT2D eigenvalue weighted by atomic mass is 16.3. The number of nitrogens with one attached hydrogen (secondary N) is 1. The maximum Gasteiger partial charge on any atom is 0.280 e. The Morgan fingerprint density at radius 3 is 2.38 bits per heavy atom. The minimum absolute atomic E-state index is 0.0220. The molecule has 0 aliphatic carbocycles. The average molecular weight is 322 g/mol. The van der Waals surface area contributed by atoms with Crippen LogP contribution in [0.15, 0.2) is 59.4 Å². The smallest absolute Gasteiger partial charge is 0.280 e. The molecule has 3 aromatic rings. The number of ketones is 1. The van der Waals surface area contributed by atoms with Crippen LogP contribution in [0.25, 0.3) is 10.9 Å². The van der Waals surface area contributed by atoms with E-state index in [1.54, 1.807) is 36.4 Å². The van der Waals surface area contributed by atoms with Crippen molar-refractivity contribution in [2.75, 3.05) is 5.43 Å². The van der Waals surface area contributed by atoms with Crippen molar-refractivity contribution in [1.29, 1.82) is 0 Å². The third-order valence-corrected chi connectivity index (χ3v) is 3.65. The number of benzene rings is 2. The third kappa shape index (κ3) is 2.65. The number of aromatic hydroxyl groups is 1. The zero-order chi connectivity index (χ0) is 17.3. The number of fused-ring (bicyclic) bond motifs is 1. The van der Waals surface area contributed by atoms with Gasteiger partial charge in [0.05, 0.1) is 16.6 Å². The third-order valence-electron chi connectivity index (χ3n) is 3.65. The van der Waals surface area contributed by atoms with E-state index in [0.29, 0.717) is 10.9 Å². The topological polar surface area (TPSA) is 88.4 Å². The van der Waals surface area contributed by atoms with Gasteiger partial charge >= 0.3 is 0 Å². The number of nitrogens with zero attached hydrogens (tertiary/aromatic N) is 1. The Morgan fingerprint density at radius 2 is 1.67 bits per heavy atom. The Hall–Kier alpha value is -3.41. The van der Waals surface area contributed by atoms with Crippen molar-refractivity contribution < 1.29 is 14.7 Å². The lowest BCUT2D eigenvalue weighted by Crippen LogP contribution is -2.35. The number of hydrogen-bond acceptors (Lipinski definition) is 4. The van der Waals surface area contributed by atoms with Gasteiger partial charge in [-0.25, -0.2) is 4.68 Å². The number of phenols is 1. The van der Waals surface area contributed by atoms with Gasteiger partial charge in [-0.15, -0.1) is 0 Å². The van der Waals surface area contributed by atoms with Gasteiger partial charge in [0, 0.05) is 5.39 Å². The van der Waals surface area contributed by atoms with E-state index in [9.17, 15) is 19.5 Å². The molecule has 24 heavy (non-hydrogen) atoms. The second kappa shape index (κ2) is 6.00. The van der Waals surface area contributed by atoms with Crippen LogP contribution in [0.4, 0.5) is 0 Å². The molecule has 0 bridgehead atoms.